The number of nitrogens with zero attached hydrogens (tertiary/aromatic N) is 3. The molecule has 1 unspecified atom stereocenters. The summed E-state index contributed by atoms with van der Waals surface area (Å²) in [5, 5.41) is 0. The Bertz CT molecular complexity index is 781. The number of hydrogen-bond donors (Lipinski definition) is 0. The largest absolute Gasteiger partial charge is 0.306 e. The minimum atomic E-state index is 0.0459. The van der Waals surface area contributed by atoms with Crippen LogP contribution in [0.2, 0.25) is 0 Å². The van der Waals surface area contributed by atoms with Gasteiger partial charge in [-0.05, 0) is 63.0 Å². The van der Waals surface area contributed by atoms with Crippen molar-refractivity contribution in [2.45, 2.75) is 44.6 Å². The topological polar surface area (TPSA) is 36.4 Å². The summed E-state index contributed by atoms with van der Waals surface area (Å²) in [6.07, 6.45) is 6.93. The van der Waals surface area contributed by atoms with E-state index in [-0.39, 0.29) is 11.3 Å². The fourth-order valence-electron chi connectivity index (χ4n) is 4.54. The lowest BCUT2D eigenvalue weighted by Crippen LogP contribution is -2.55. The van der Waals surface area contributed by atoms with Crippen LogP contribution in [0, 0.1) is 0 Å². The maximum atomic E-state index is 13.1. The van der Waals surface area contributed by atoms with Crippen LogP contribution in [0.15, 0.2) is 48.8 Å². The summed E-state index contributed by atoms with van der Waals surface area (Å²) in [5.41, 5.74) is 3.05. The van der Waals surface area contributed by atoms with E-state index in [9.17, 15) is 4.79 Å². The Hall–Kier alpha value is -2.20. The van der Waals surface area contributed by atoms with Crippen LogP contribution in [-0.2, 0) is 5.41 Å². The van der Waals surface area contributed by atoms with Crippen LogP contribution in [0.4, 0.5) is 5.69 Å². The van der Waals surface area contributed by atoms with Gasteiger partial charge in [-0.1, -0.05) is 25.1 Å². The fourth-order valence-corrected chi connectivity index (χ4v) is 4.54. The summed E-state index contributed by atoms with van der Waals surface area (Å²) in [6.45, 7) is 7.52. The number of carbonyl (C=O) groups excluding carboxylic acids is 1. The van der Waals surface area contributed by atoms with Crippen molar-refractivity contribution in [2.75, 3.05) is 24.5 Å². The van der Waals surface area contributed by atoms with Gasteiger partial charge in [0.1, 0.15) is 0 Å². The molecule has 0 aliphatic carbocycles. The molecule has 0 radical (unpaired) electrons. The predicted molar refractivity (Wildman–Crippen MR) is 105 cm³/mol. The third-order valence-corrected chi connectivity index (χ3v) is 6.36. The number of anilines is 1. The molecule has 4 heteroatoms. The highest BCUT2D eigenvalue weighted by molar-refractivity contribution is 6.08. The molecule has 4 nitrogen and oxygen atoms in total. The van der Waals surface area contributed by atoms with E-state index in [0.717, 1.165) is 43.7 Å². The average molecular weight is 349 g/mol. The summed E-state index contributed by atoms with van der Waals surface area (Å²) in [4.78, 5) is 21.9. The van der Waals surface area contributed by atoms with Gasteiger partial charge in [0, 0.05) is 29.8 Å². The summed E-state index contributed by atoms with van der Waals surface area (Å²) in [7, 11) is 0. The maximum absolute atomic E-state index is 13.1. The summed E-state index contributed by atoms with van der Waals surface area (Å²) in [5.74, 6) is 0.101. The van der Waals surface area contributed by atoms with E-state index in [2.05, 4.69) is 35.9 Å². The third-order valence-electron chi connectivity index (χ3n) is 6.36. The molecule has 4 rings (SSSR count). The summed E-state index contributed by atoms with van der Waals surface area (Å²) in [6, 6.07) is 12.7. The molecule has 2 aliphatic heterocycles. The van der Waals surface area contributed by atoms with Crippen molar-refractivity contribution in [3.8, 4) is 0 Å². The second-order valence-electron chi connectivity index (χ2n) is 7.72. The number of fused-ring (bicyclic) bond motifs is 2. The highest BCUT2D eigenvalue weighted by atomic mass is 16.2. The Morgan fingerprint density at radius 2 is 1.92 bits per heavy atom. The Morgan fingerprint density at radius 3 is 2.62 bits per heavy atom. The van der Waals surface area contributed by atoms with E-state index in [1.165, 1.54) is 12.0 Å². The highest BCUT2D eigenvalue weighted by Gasteiger charge is 2.45. The Kier molecular flexibility index (Phi) is 4.53. The molecule has 2 aliphatic rings. The van der Waals surface area contributed by atoms with Gasteiger partial charge >= 0.3 is 0 Å². The van der Waals surface area contributed by atoms with Crippen LogP contribution >= 0.6 is 0 Å². The van der Waals surface area contributed by atoms with E-state index < -0.39 is 0 Å². The van der Waals surface area contributed by atoms with Crippen molar-refractivity contribution in [3.63, 3.8) is 0 Å². The van der Waals surface area contributed by atoms with E-state index in [1.807, 2.05) is 29.2 Å². The second-order valence-corrected chi connectivity index (χ2v) is 7.72. The fraction of sp³-hybridized carbons (Fsp3) is 0.455. The molecule has 1 aromatic carbocycles. The lowest BCUT2D eigenvalue weighted by Gasteiger charge is -2.49. The average Bonchev–Trinajstić information content (AvgIpc) is 2.71. The number of benzene rings is 1. The molecule has 1 spiro atoms. The molecular formula is C22H27N3O. The number of rotatable bonds is 3. The Balaban J connectivity index is 1.71. The molecule has 1 saturated heterocycles. The highest BCUT2D eigenvalue weighted by Crippen LogP contribution is 2.43. The van der Waals surface area contributed by atoms with Crippen molar-refractivity contribution < 1.29 is 4.79 Å². The molecule has 0 N–H and O–H groups in total. The number of pyridine rings is 1. The molecule has 1 amide bonds. The van der Waals surface area contributed by atoms with Gasteiger partial charge < -0.3 is 9.80 Å². The summed E-state index contributed by atoms with van der Waals surface area (Å²) < 4.78 is 0. The number of carbonyl (C=O) groups is 1. The lowest BCUT2D eigenvalue weighted by atomic mass is 9.68. The van der Waals surface area contributed by atoms with Crippen molar-refractivity contribution in [2.24, 2.45) is 0 Å². The zero-order valence-electron chi connectivity index (χ0n) is 15.7. The first-order valence-corrected chi connectivity index (χ1v) is 9.70. The molecular weight excluding hydrogens is 322 g/mol. The first-order valence-electron chi connectivity index (χ1n) is 9.70. The van der Waals surface area contributed by atoms with Gasteiger partial charge in [0.2, 0.25) is 0 Å². The van der Waals surface area contributed by atoms with E-state index in [1.54, 1.807) is 12.4 Å². The Labute approximate surface area is 155 Å². The van der Waals surface area contributed by atoms with Gasteiger partial charge in [-0.25, -0.2) is 0 Å². The smallest absolute Gasteiger partial charge is 0.258 e. The molecule has 1 atom stereocenters. The first-order chi connectivity index (χ1) is 12.6. The predicted octanol–water partition coefficient (Wildman–Crippen LogP) is 3.87. The van der Waals surface area contributed by atoms with Gasteiger partial charge in [0.25, 0.3) is 5.91 Å². The zero-order valence-corrected chi connectivity index (χ0v) is 15.7. The van der Waals surface area contributed by atoms with Gasteiger partial charge in [-0.3, -0.25) is 9.78 Å². The number of likely N-dealkylation sites (tertiary alicyclic amines) is 1. The molecule has 1 aromatic heterocycles. The van der Waals surface area contributed by atoms with Gasteiger partial charge in [0.15, 0.2) is 0 Å². The number of amides is 1. The number of hydrogen-bond acceptors (Lipinski definition) is 3. The molecule has 1 fully saturated rings. The van der Waals surface area contributed by atoms with Crippen LogP contribution in [0.5, 0.6) is 0 Å². The molecule has 136 valence electrons. The molecule has 0 saturated carbocycles. The minimum Gasteiger partial charge on any atom is -0.306 e. The standard InChI is InChI=1S/C22H27N3O/c1-3-17(2)24-13-10-22(11-14-24)16-25(18-7-6-12-23-15-18)21(26)19-8-4-5-9-20(19)22/h4-9,12,15,17H,3,10-11,13-14,16H2,1-2H3. The van der Waals surface area contributed by atoms with Crippen molar-refractivity contribution in [1.29, 1.82) is 0 Å². The third kappa shape index (κ3) is 2.82. The minimum absolute atomic E-state index is 0.0459. The first kappa shape index (κ1) is 17.2. The van der Waals surface area contributed by atoms with Crippen molar-refractivity contribution >= 4 is 11.6 Å². The zero-order chi connectivity index (χ0) is 18.1. The van der Waals surface area contributed by atoms with Crippen LogP contribution in [0.1, 0.15) is 49.0 Å². The maximum Gasteiger partial charge on any atom is 0.258 e. The van der Waals surface area contributed by atoms with Gasteiger partial charge in [0.05, 0.1) is 11.9 Å². The van der Waals surface area contributed by atoms with E-state index in [4.69, 9.17) is 0 Å². The molecule has 2 aromatic rings. The second kappa shape index (κ2) is 6.84. The molecule has 26 heavy (non-hydrogen) atoms. The lowest BCUT2D eigenvalue weighted by molar-refractivity contribution is 0.0903. The van der Waals surface area contributed by atoms with Gasteiger partial charge in [-0.15, -0.1) is 0 Å². The van der Waals surface area contributed by atoms with Crippen molar-refractivity contribution in [1.82, 2.24) is 9.88 Å². The SMILES string of the molecule is CCC(C)N1CCC2(CC1)CN(c1cccnc1)C(=O)c1ccccc12. The van der Waals surface area contributed by atoms with Crippen LogP contribution in [-0.4, -0.2) is 41.5 Å². The van der Waals surface area contributed by atoms with Crippen LogP contribution in [0.25, 0.3) is 0 Å². The number of piperidine rings is 1. The Morgan fingerprint density at radius 1 is 1.15 bits per heavy atom. The number of aromatic nitrogens is 1. The summed E-state index contributed by atoms with van der Waals surface area (Å²) >= 11 is 0. The monoisotopic (exact) mass is 349 g/mol. The quantitative estimate of drug-likeness (QED) is 0.844. The van der Waals surface area contributed by atoms with Crippen LogP contribution in [0.3, 0.4) is 0 Å². The van der Waals surface area contributed by atoms with Crippen molar-refractivity contribution in [3.05, 3.63) is 59.9 Å². The molecule has 0 bridgehead atoms. The van der Waals surface area contributed by atoms with Gasteiger partial charge in [-0.2, -0.15) is 0 Å². The van der Waals surface area contributed by atoms with E-state index >= 15 is 0 Å². The van der Waals surface area contributed by atoms with E-state index in [0.29, 0.717) is 6.04 Å². The van der Waals surface area contributed by atoms with Crippen LogP contribution < -0.4 is 4.90 Å². The molecule has 3 heterocycles. The normalized spacial score (nSPS) is 20.8.